The number of hydrogen-bond acceptors (Lipinski definition) is 2. The minimum absolute atomic E-state index is 0.245. The molecule has 0 aliphatic carbocycles. The first-order valence-electron chi connectivity index (χ1n) is 9.82. The quantitative estimate of drug-likeness (QED) is 0.553. The lowest BCUT2D eigenvalue weighted by Gasteiger charge is -2.25. The Kier molecular flexibility index (Phi) is 4.17. The number of carboxylic acids is 1. The van der Waals surface area contributed by atoms with E-state index in [4.69, 9.17) is 0 Å². The molecule has 1 aromatic heterocycles. The van der Waals surface area contributed by atoms with E-state index in [0.717, 1.165) is 33.3 Å². The molecule has 0 unspecified atom stereocenters. The summed E-state index contributed by atoms with van der Waals surface area (Å²) < 4.78 is 2.13. The number of aliphatic carboxylic acids is 1. The first-order chi connectivity index (χ1) is 14.6. The van der Waals surface area contributed by atoms with Crippen molar-refractivity contribution in [2.45, 2.75) is 6.04 Å². The standard InChI is InChI=1S/C25H20N2O3/c1-26-20-14-8-7-13-19(20)22(23(26)16-9-3-2-4-10-16)24-17-11-5-6-12-18(17)25(30)27(24)15-21(28)29/h2-14,24H,15H2,1H3,(H,28,29)/t24-/m0/s1. The maximum Gasteiger partial charge on any atom is 0.323 e. The summed E-state index contributed by atoms with van der Waals surface area (Å²) in [7, 11) is 2.01. The smallest absolute Gasteiger partial charge is 0.323 e. The van der Waals surface area contributed by atoms with Crippen LogP contribution in [-0.2, 0) is 11.8 Å². The number of carboxylic acid groups (broad SMARTS) is 1. The second kappa shape index (κ2) is 6.88. The average Bonchev–Trinajstić information content (AvgIpc) is 3.20. The van der Waals surface area contributed by atoms with Gasteiger partial charge in [-0.1, -0.05) is 66.7 Å². The first kappa shape index (κ1) is 18.2. The van der Waals surface area contributed by atoms with Crippen molar-refractivity contribution in [3.8, 4) is 11.3 Å². The number of aromatic nitrogens is 1. The van der Waals surface area contributed by atoms with Gasteiger partial charge in [0.15, 0.2) is 0 Å². The zero-order valence-corrected chi connectivity index (χ0v) is 16.4. The summed E-state index contributed by atoms with van der Waals surface area (Å²) in [6.45, 7) is -0.352. The third-order valence-electron chi connectivity index (χ3n) is 5.83. The highest BCUT2D eigenvalue weighted by Crippen LogP contribution is 2.46. The van der Waals surface area contributed by atoms with E-state index >= 15 is 0 Å². The topological polar surface area (TPSA) is 62.5 Å². The van der Waals surface area contributed by atoms with Gasteiger partial charge in [0.2, 0.25) is 0 Å². The Labute approximate surface area is 173 Å². The number of para-hydroxylation sites is 1. The molecule has 0 saturated heterocycles. The van der Waals surface area contributed by atoms with Crippen LogP contribution in [0.1, 0.15) is 27.5 Å². The molecule has 0 bridgehead atoms. The van der Waals surface area contributed by atoms with Crippen molar-refractivity contribution < 1.29 is 14.7 Å². The van der Waals surface area contributed by atoms with E-state index in [0.29, 0.717) is 5.56 Å². The second-order valence-electron chi connectivity index (χ2n) is 7.52. The van der Waals surface area contributed by atoms with E-state index in [2.05, 4.69) is 10.6 Å². The largest absolute Gasteiger partial charge is 0.480 e. The van der Waals surface area contributed by atoms with Crippen LogP contribution in [0, 0.1) is 0 Å². The molecule has 5 rings (SSSR count). The SMILES string of the molecule is Cn1c(-c2ccccc2)c([C@@H]2c3ccccc3C(=O)N2CC(=O)O)c2ccccc21. The van der Waals surface area contributed by atoms with Gasteiger partial charge in [0.25, 0.3) is 5.91 Å². The summed E-state index contributed by atoms with van der Waals surface area (Å²) in [5.41, 5.74) is 5.42. The summed E-state index contributed by atoms with van der Waals surface area (Å²) >= 11 is 0. The van der Waals surface area contributed by atoms with Crippen molar-refractivity contribution in [2.75, 3.05) is 6.54 Å². The Balaban J connectivity index is 1.86. The van der Waals surface area contributed by atoms with Gasteiger partial charge < -0.3 is 14.6 Å². The van der Waals surface area contributed by atoms with Crippen molar-refractivity contribution >= 4 is 22.8 Å². The number of hydrogen-bond donors (Lipinski definition) is 1. The van der Waals surface area contributed by atoms with Crippen LogP contribution in [0.5, 0.6) is 0 Å². The molecule has 1 aliphatic rings. The fraction of sp³-hybridized carbons (Fsp3) is 0.120. The van der Waals surface area contributed by atoms with Crippen LogP contribution in [0.25, 0.3) is 22.2 Å². The molecule has 1 N–H and O–H groups in total. The molecule has 2 heterocycles. The molecule has 5 heteroatoms. The number of benzene rings is 3. The van der Waals surface area contributed by atoms with Gasteiger partial charge >= 0.3 is 5.97 Å². The van der Waals surface area contributed by atoms with Gasteiger partial charge in [0, 0.05) is 29.1 Å². The van der Waals surface area contributed by atoms with Gasteiger partial charge in [-0.3, -0.25) is 9.59 Å². The summed E-state index contributed by atoms with van der Waals surface area (Å²) in [5.74, 6) is -1.27. The molecule has 0 spiro atoms. The molecule has 0 radical (unpaired) electrons. The summed E-state index contributed by atoms with van der Waals surface area (Å²) in [4.78, 5) is 26.3. The van der Waals surface area contributed by atoms with E-state index < -0.39 is 12.0 Å². The Bertz CT molecular complexity index is 1290. The third kappa shape index (κ3) is 2.63. The molecule has 0 saturated carbocycles. The Morgan fingerprint density at radius 3 is 2.37 bits per heavy atom. The monoisotopic (exact) mass is 396 g/mol. The fourth-order valence-electron chi connectivity index (χ4n) is 4.63. The molecule has 0 fully saturated rings. The van der Waals surface area contributed by atoms with Crippen molar-refractivity contribution in [3.63, 3.8) is 0 Å². The van der Waals surface area contributed by atoms with Crippen LogP contribution < -0.4 is 0 Å². The molecule has 1 amide bonds. The number of rotatable bonds is 4. The normalized spacial score (nSPS) is 15.6. The van der Waals surface area contributed by atoms with Crippen LogP contribution in [0.4, 0.5) is 0 Å². The molecule has 1 aliphatic heterocycles. The molecule has 3 aromatic carbocycles. The lowest BCUT2D eigenvalue weighted by Crippen LogP contribution is -2.34. The van der Waals surface area contributed by atoms with E-state index in [1.54, 1.807) is 6.07 Å². The highest BCUT2D eigenvalue weighted by molar-refractivity contribution is 6.03. The molecule has 30 heavy (non-hydrogen) atoms. The highest BCUT2D eigenvalue weighted by atomic mass is 16.4. The van der Waals surface area contributed by atoms with E-state index in [1.807, 2.05) is 73.8 Å². The number of amides is 1. The lowest BCUT2D eigenvalue weighted by atomic mass is 9.93. The van der Waals surface area contributed by atoms with Gasteiger partial charge in [0.05, 0.1) is 11.7 Å². The van der Waals surface area contributed by atoms with Crippen molar-refractivity contribution in [2.24, 2.45) is 7.05 Å². The summed E-state index contributed by atoms with van der Waals surface area (Å²) in [5, 5.41) is 10.6. The summed E-state index contributed by atoms with van der Waals surface area (Å²) in [6.07, 6.45) is 0. The predicted molar refractivity (Wildman–Crippen MR) is 115 cm³/mol. The number of fused-ring (bicyclic) bond motifs is 2. The molecule has 148 valence electrons. The van der Waals surface area contributed by atoms with Gasteiger partial charge in [-0.25, -0.2) is 0 Å². The predicted octanol–water partition coefficient (Wildman–Crippen LogP) is 4.48. The van der Waals surface area contributed by atoms with E-state index in [1.165, 1.54) is 4.90 Å². The number of carbonyl (C=O) groups is 2. The van der Waals surface area contributed by atoms with Crippen LogP contribution in [0.3, 0.4) is 0 Å². The minimum atomic E-state index is -1.03. The molecular formula is C25H20N2O3. The highest BCUT2D eigenvalue weighted by Gasteiger charge is 2.41. The maximum absolute atomic E-state index is 13.2. The van der Waals surface area contributed by atoms with Gasteiger partial charge in [-0.15, -0.1) is 0 Å². The zero-order chi connectivity index (χ0) is 20.8. The Hall–Kier alpha value is -3.86. The van der Waals surface area contributed by atoms with Gasteiger partial charge in [-0.05, 0) is 23.3 Å². The number of aryl methyl sites for hydroxylation is 1. The maximum atomic E-state index is 13.2. The fourth-order valence-corrected chi connectivity index (χ4v) is 4.63. The third-order valence-corrected chi connectivity index (χ3v) is 5.83. The zero-order valence-electron chi connectivity index (χ0n) is 16.4. The molecular weight excluding hydrogens is 376 g/mol. The molecule has 5 nitrogen and oxygen atoms in total. The van der Waals surface area contributed by atoms with E-state index in [-0.39, 0.29) is 12.5 Å². The minimum Gasteiger partial charge on any atom is -0.480 e. The van der Waals surface area contributed by atoms with Gasteiger partial charge in [0.1, 0.15) is 6.54 Å². The van der Waals surface area contributed by atoms with Crippen molar-refractivity contribution in [1.29, 1.82) is 0 Å². The average molecular weight is 396 g/mol. The molecule has 1 atom stereocenters. The van der Waals surface area contributed by atoms with E-state index in [9.17, 15) is 14.7 Å². The Morgan fingerprint density at radius 1 is 0.933 bits per heavy atom. The second-order valence-corrected chi connectivity index (χ2v) is 7.52. The van der Waals surface area contributed by atoms with Crippen LogP contribution in [-0.4, -0.2) is 33.0 Å². The van der Waals surface area contributed by atoms with Crippen molar-refractivity contribution in [3.05, 3.63) is 95.6 Å². The molecule has 4 aromatic rings. The number of carbonyl (C=O) groups excluding carboxylic acids is 1. The first-order valence-corrected chi connectivity index (χ1v) is 9.82. The van der Waals surface area contributed by atoms with Crippen LogP contribution >= 0.6 is 0 Å². The number of nitrogens with zero attached hydrogens (tertiary/aromatic N) is 2. The van der Waals surface area contributed by atoms with Gasteiger partial charge in [-0.2, -0.15) is 0 Å². The van der Waals surface area contributed by atoms with Crippen LogP contribution in [0.2, 0.25) is 0 Å². The van der Waals surface area contributed by atoms with Crippen LogP contribution in [0.15, 0.2) is 78.9 Å². The lowest BCUT2D eigenvalue weighted by molar-refractivity contribution is -0.138. The Morgan fingerprint density at radius 2 is 1.60 bits per heavy atom. The van der Waals surface area contributed by atoms with Crippen molar-refractivity contribution in [1.82, 2.24) is 9.47 Å². The summed E-state index contributed by atoms with van der Waals surface area (Å²) in [6, 6.07) is 25.0.